The van der Waals surface area contributed by atoms with Gasteiger partial charge in [-0.3, -0.25) is 14.4 Å². The number of anilines is 3. The Morgan fingerprint density at radius 1 is 0.946 bits per heavy atom. The van der Waals surface area contributed by atoms with Crippen molar-refractivity contribution in [1.29, 1.82) is 0 Å². The Morgan fingerprint density at radius 2 is 1.62 bits per heavy atom. The Morgan fingerprint density at radius 3 is 2.27 bits per heavy atom. The van der Waals surface area contributed by atoms with Crippen molar-refractivity contribution in [1.82, 2.24) is 25.6 Å². The standard InChI is InChI=1S/C39H39ClF3N7O6/c1-22-2-4-23(5-3-22)29-20-25(29)8-15-31(51)33(53)44-19-16-30(34(54)55)46-32(52)24-6-13-28(14-7-24)45-35-47-36(49-37(48-35)56-21-39(41,42)43)50-38(17-18-38)26-9-11-27(40)12-10-26/h2-7,9-14,25,29-30H,8,15-21H2,1H3,(H,44,53)(H,46,52)(H,54,55)(H2,45,47,48,49,50)/t25?,29?,30-/m0/s1. The maximum atomic E-state index is 13.0. The molecule has 3 atom stereocenters. The highest BCUT2D eigenvalue weighted by atomic mass is 35.5. The molecule has 17 heteroatoms. The van der Waals surface area contributed by atoms with Crippen molar-refractivity contribution in [2.45, 2.75) is 69.1 Å². The normalized spacial score (nSPS) is 17.2. The first-order valence-electron chi connectivity index (χ1n) is 17.9. The van der Waals surface area contributed by atoms with Crippen molar-refractivity contribution in [3.63, 3.8) is 0 Å². The lowest BCUT2D eigenvalue weighted by molar-refractivity contribution is -0.154. The Labute approximate surface area is 324 Å². The number of carboxylic acid groups (broad SMARTS) is 1. The van der Waals surface area contributed by atoms with Crippen molar-refractivity contribution in [3.8, 4) is 6.01 Å². The third-order valence-electron chi connectivity index (χ3n) is 9.63. The molecule has 2 saturated carbocycles. The number of halogens is 4. The average molecular weight is 794 g/mol. The lowest BCUT2D eigenvalue weighted by atomic mass is 10.0. The predicted octanol–water partition coefficient (Wildman–Crippen LogP) is 6.46. The lowest BCUT2D eigenvalue weighted by Gasteiger charge is -2.19. The molecule has 13 nitrogen and oxygen atoms in total. The Bertz CT molecular complexity index is 2060. The number of benzene rings is 3. The molecule has 5 N–H and O–H groups in total. The number of Topliss-reactive ketones (excluding diaryl/α,β-unsaturated/α-hetero) is 1. The van der Waals surface area contributed by atoms with Gasteiger partial charge in [0.15, 0.2) is 6.61 Å². The van der Waals surface area contributed by atoms with Crippen molar-refractivity contribution in [3.05, 3.63) is 100 Å². The molecule has 294 valence electrons. The highest BCUT2D eigenvalue weighted by molar-refractivity contribution is 6.36. The van der Waals surface area contributed by atoms with Gasteiger partial charge in [0.05, 0.1) is 5.54 Å². The summed E-state index contributed by atoms with van der Waals surface area (Å²) in [6, 6.07) is 19.1. The molecule has 0 spiro atoms. The third-order valence-corrected chi connectivity index (χ3v) is 9.88. The maximum absolute atomic E-state index is 13.0. The van der Waals surface area contributed by atoms with Gasteiger partial charge in [0.1, 0.15) is 6.04 Å². The minimum absolute atomic E-state index is 0.0336. The van der Waals surface area contributed by atoms with Crippen LogP contribution in [0, 0.1) is 12.8 Å². The molecule has 6 rings (SSSR count). The Balaban J connectivity index is 1.00. The Hall–Kier alpha value is -5.77. The number of ketones is 1. The van der Waals surface area contributed by atoms with Crippen molar-refractivity contribution in [2.24, 2.45) is 5.92 Å². The second-order valence-electron chi connectivity index (χ2n) is 14.0. The first kappa shape index (κ1) is 39.9. The summed E-state index contributed by atoms with van der Waals surface area (Å²) < 4.78 is 43.7. The monoisotopic (exact) mass is 793 g/mol. The number of amides is 2. The predicted molar refractivity (Wildman–Crippen MR) is 200 cm³/mol. The molecule has 2 aliphatic carbocycles. The number of carbonyl (C=O) groups is 4. The van der Waals surface area contributed by atoms with Gasteiger partial charge in [-0.05, 0) is 98.4 Å². The van der Waals surface area contributed by atoms with E-state index in [1.54, 1.807) is 12.1 Å². The van der Waals surface area contributed by atoms with E-state index in [2.05, 4.69) is 60.5 Å². The van der Waals surface area contributed by atoms with Gasteiger partial charge in [-0.1, -0.05) is 53.6 Å². The number of nitrogens with one attached hydrogen (secondary N) is 4. The SMILES string of the molecule is Cc1ccc(C2CC2CCC(=O)C(=O)NCC[C@H](NC(=O)c2ccc(Nc3nc(NC4(c5ccc(Cl)cc5)CC4)nc(OCC(F)(F)F)n3)cc2)C(=O)O)cc1. The van der Waals surface area contributed by atoms with E-state index in [4.69, 9.17) is 16.3 Å². The molecule has 0 radical (unpaired) electrons. The summed E-state index contributed by atoms with van der Waals surface area (Å²) in [5.74, 6) is -2.89. The second-order valence-corrected chi connectivity index (χ2v) is 14.4. The molecule has 0 aliphatic heterocycles. The Kier molecular flexibility index (Phi) is 12.1. The van der Waals surface area contributed by atoms with E-state index in [1.807, 2.05) is 19.1 Å². The van der Waals surface area contributed by atoms with Crippen LogP contribution < -0.4 is 26.0 Å². The molecule has 0 saturated heterocycles. The van der Waals surface area contributed by atoms with E-state index in [0.717, 1.165) is 12.0 Å². The van der Waals surface area contributed by atoms with Gasteiger partial charge in [-0.25, -0.2) is 4.79 Å². The molecule has 0 bridgehead atoms. The number of nitrogens with zero attached hydrogens (tertiary/aromatic N) is 3. The zero-order valence-electron chi connectivity index (χ0n) is 30.2. The molecule has 2 amide bonds. The molecule has 2 unspecified atom stereocenters. The molecule has 56 heavy (non-hydrogen) atoms. The van der Waals surface area contributed by atoms with Crippen LogP contribution in [-0.2, 0) is 19.9 Å². The van der Waals surface area contributed by atoms with Crippen LogP contribution in [0.3, 0.4) is 0 Å². The molecular weight excluding hydrogens is 755 g/mol. The number of carbonyl (C=O) groups excluding carboxylic acids is 3. The minimum Gasteiger partial charge on any atom is -0.480 e. The number of rotatable bonds is 18. The summed E-state index contributed by atoms with van der Waals surface area (Å²) in [5.41, 5.74) is 3.16. The highest BCUT2D eigenvalue weighted by Gasteiger charge is 2.45. The fourth-order valence-corrected chi connectivity index (χ4v) is 6.38. The first-order chi connectivity index (χ1) is 26.7. The fourth-order valence-electron chi connectivity index (χ4n) is 6.25. The number of aryl methyl sites for hydroxylation is 1. The number of carboxylic acids is 1. The van der Waals surface area contributed by atoms with Gasteiger partial charge in [0.25, 0.3) is 11.8 Å². The molecule has 2 fully saturated rings. The van der Waals surface area contributed by atoms with Crippen LogP contribution in [0.1, 0.15) is 71.5 Å². The van der Waals surface area contributed by atoms with Crippen LogP contribution in [-0.4, -0.2) is 69.0 Å². The van der Waals surface area contributed by atoms with Gasteiger partial charge < -0.3 is 31.1 Å². The summed E-state index contributed by atoms with van der Waals surface area (Å²) >= 11 is 6.03. The van der Waals surface area contributed by atoms with Crippen molar-refractivity contribution in [2.75, 3.05) is 23.8 Å². The number of ether oxygens (including phenoxy) is 1. The van der Waals surface area contributed by atoms with Gasteiger partial charge in [-0.15, -0.1) is 0 Å². The summed E-state index contributed by atoms with van der Waals surface area (Å²) in [7, 11) is 0. The van der Waals surface area contributed by atoms with Crippen LogP contribution in [0.2, 0.25) is 5.02 Å². The smallest absolute Gasteiger partial charge is 0.422 e. The molecule has 3 aromatic carbocycles. The lowest BCUT2D eigenvalue weighted by Crippen LogP contribution is -2.43. The number of aliphatic carboxylic acids is 1. The van der Waals surface area contributed by atoms with Gasteiger partial charge in [0, 0.05) is 29.2 Å². The summed E-state index contributed by atoms with van der Waals surface area (Å²) in [6.07, 6.45) is -1.76. The number of hydrogen-bond acceptors (Lipinski definition) is 10. The van der Waals surface area contributed by atoms with Crippen LogP contribution >= 0.6 is 11.6 Å². The van der Waals surface area contributed by atoms with Crippen molar-refractivity contribution >= 4 is 52.8 Å². The van der Waals surface area contributed by atoms with E-state index in [0.29, 0.717) is 41.8 Å². The summed E-state index contributed by atoms with van der Waals surface area (Å²) in [6.45, 7) is 0.238. The number of hydrogen-bond donors (Lipinski definition) is 5. The minimum atomic E-state index is -4.64. The van der Waals surface area contributed by atoms with Gasteiger partial charge in [-0.2, -0.15) is 28.1 Å². The second kappa shape index (κ2) is 16.9. The zero-order chi connectivity index (χ0) is 40.0. The van der Waals surface area contributed by atoms with Crippen molar-refractivity contribution < 1.29 is 42.2 Å². The number of alkyl halides is 3. The van der Waals surface area contributed by atoms with Crippen LogP contribution in [0.5, 0.6) is 6.01 Å². The largest absolute Gasteiger partial charge is 0.480 e. The first-order valence-corrected chi connectivity index (χ1v) is 18.3. The third kappa shape index (κ3) is 10.9. The molecule has 1 aromatic heterocycles. The highest BCUT2D eigenvalue weighted by Crippen LogP contribution is 2.50. The topological polar surface area (TPSA) is 185 Å². The molecule has 4 aromatic rings. The molecule has 2 aliphatic rings. The van der Waals surface area contributed by atoms with E-state index in [1.165, 1.54) is 35.4 Å². The van der Waals surface area contributed by atoms with E-state index < -0.39 is 53.9 Å². The van der Waals surface area contributed by atoms with Gasteiger partial charge in [0.2, 0.25) is 17.7 Å². The number of aromatic nitrogens is 3. The summed E-state index contributed by atoms with van der Waals surface area (Å²) in [4.78, 5) is 62.0. The zero-order valence-corrected chi connectivity index (χ0v) is 30.9. The van der Waals surface area contributed by atoms with E-state index in [-0.39, 0.29) is 36.8 Å². The molecular formula is C39H39ClF3N7O6. The maximum Gasteiger partial charge on any atom is 0.422 e. The van der Waals surface area contributed by atoms with E-state index >= 15 is 0 Å². The van der Waals surface area contributed by atoms with Crippen LogP contribution in [0.15, 0.2) is 72.8 Å². The van der Waals surface area contributed by atoms with E-state index in [9.17, 15) is 37.5 Å². The van der Waals surface area contributed by atoms with Gasteiger partial charge >= 0.3 is 18.2 Å². The van der Waals surface area contributed by atoms with Crippen LogP contribution in [0.25, 0.3) is 0 Å². The average Bonchev–Trinajstić information content (AvgIpc) is 4.10. The fraction of sp³-hybridized carbons (Fsp3) is 0.359. The summed E-state index contributed by atoms with van der Waals surface area (Å²) in [5, 5.41) is 21.2. The quantitative estimate of drug-likeness (QED) is 0.0697. The van der Waals surface area contributed by atoms with Crippen LogP contribution in [0.4, 0.5) is 30.8 Å². The molecule has 1 heterocycles.